The third-order valence-electron chi connectivity index (χ3n) is 7.58. The SMILES string of the molecule is COc1cc(-c2c(C(C)C)c(-c3nc4c(s3)CC(N(C)C(=O)O)CC4)nn2COCC[Si](C)(C)C)cn2ncnc12. The second-order valence-corrected chi connectivity index (χ2v) is 18.8. The number of hydrogen-bond acceptors (Lipinski definition) is 8. The summed E-state index contributed by atoms with van der Waals surface area (Å²) in [6, 6.07) is 3.00. The summed E-state index contributed by atoms with van der Waals surface area (Å²) in [5, 5.41) is 19.9. The van der Waals surface area contributed by atoms with Gasteiger partial charge in [0.05, 0.1) is 18.5 Å². The molecule has 1 amide bonds. The molecular weight excluding hydrogens is 559 g/mol. The van der Waals surface area contributed by atoms with Gasteiger partial charge in [0, 0.05) is 56.4 Å². The molecule has 41 heavy (non-hydrogen) atoms. The predicted octanol–water partition coefficient (Wildman–Crippen LogP) is 5.63. The fourth-order valence-electron chi connectivity index (χ4n) is 5.23. The monoisotopic (exact) mass is 597 g/mol. The molecule has 1 atom stereocenters. The van der Waals surface area contributed by atoms with Gasteiger partial charge in [0.2, 0.25) is 0 Å². The largest absolute Gasteiger partial charge is 0.493 e. The van der Waals surface area contributed by atoms with Gasteiger partial charge in [0.1, 0.15) is 23.8 Å². The molecule has 0 spiro atoms. The number of ether oxygens (including phenoxy) is 2. The molecule has 1 aliphatic rings. The number of rotatable bonds is 10. The van der Waals surface area contributed by atoms with E-state index >= 15 is 0 Å². The highest BCUT2D eigenvalue weighted by Gasteiger charge is 2.31. The standard InChI is InChI=1S/C28H39N7O4SSi/c1-17(2)23-24(27-31-20-9-8-19(13-22(20)40-27)33(3)28(36)37)32-35(16-39-10-11-41(5,6)7)25(23)18-12-21(38-4)26-29-15-30-34(26)14-18/h12,14-15,17,19H,8-11,13,16H2,1-7H3,(H,36,37). The molecule has 0 aromatic carbocycles. The van der Waals surface area contributed by atoms with Crippen LogP contribution >= 0.6 is 11.3 Å². The quantitative estimate of drug-likeness (QED) is 0.185. The van der Waals surface area contributed by atoms with E-state index in [1.165, 1.54) is 11.2 Å². The highest BCUT2D eigenvalue weighted by atomic mass is 32.1. The molecule has 1 N–H and O–H groups in total. The highest BCUT2D eigenvalue weighted by Crippen LogP contribution is 2.41. The van der Waals surface area contributed by atoms with Crippen molar-refractivity contribution in [2.24, 2.45) is 0 Å². The molecule has 0 saturated carbocycles. The van der Waals surface area contributed by atoms with Gasteiger partial charge in [-0.2, -0.15) is 10.2 Å². The minimum Gasteiger partial charge on any atom is -0.493 e. The second-order valence-electron chi connectivity index (χ2n) is 12.1. The number of hydrogen-bond donors (Lipinski definition) is 1. The van der Waals surface area contributed by atoms with Crippen molar-refractivity contribution in [1.82, 2.24) is 34.3 Å². The Labute approximate surface area is 245 Å². The van der Waals surface area contributed by atoms with Crippen LogP contribution in [-0.2, 0) is 24.3 Å². The average molecular weight is 598 g/mol. The fraction of sp³-hybridized carbons (Fsp3) is 0.536. The lowest BCUT2D eigenvalue weighted by molar-refractivity contribution is 0.0799. The van der Waals surface area contributed by atoms with Gasteiger partial charge in [-0.15, -0.1) is 11.3 Å². The van der Waals surface area contributed by atoms with Crippen LogP contribution in [0.2, 0.25) is 25.7 Å². The van der Waals surface area contributed by atoms with Crippen LogP contribution in [0, 0.1) is 0 Å². The number of fused-ring (bicyclic) bond motifs is 2. The average Bonchev–Trinajstić information content (AvgIpc) is 3.65. The smallest absolute Gasteiger partial charge is 0.407 e. The first-order valence-corrected chi connectivity index (χ1v) is 18.5. The zero-order valence-corrected chi connectivity index (χ0v) is 26.7. The summed E-state index contributed by atoms with van der Waals surface area (Å²) in [5.74, 6) is 0.766. The Morgan fingerprint density at radius 1 is 1.32 bits per heavy atom. The molecule has 11 nitrogen and oxygen atoms in total. The van der Waals surface area contributed by atoms with Crippen LogP contribution in [0.1, 0.15) is 42.3 Å². The van der Waals surface area contributed by atoms with Gasteiger partial charge in [-0.3, -0.25) is 0 Å². The Kier molecular flexibility index (Phi) is 8.21. The highest BCUT2D eigenvalue weighted by molar-refractivity contribution is 7.15. The lowest BCUT2D eigenvalue weighted by Gasteiger charge is -2.28. The van der Waals surface area contributed by atoms with Crippen molar-refractivity contribution in [2.75, 3.05) is 20.8 Å². The predicted molar refractivity (Wildman–Crippen MR) is 162 cm³/mol. The van der Waals surface area contributed by atoms with E-state index in [0.717, 1.165) is 57.0 Å². The van der Waals surface area contributed by atoms with Crippen LogP contribution in [0.15, 0.2) is 18.6 Å². The Hall–Kier alpha value is -3.29. The number of carbonyl (C=O) groups is 1. The van der Waals surface area contributed by atoms with Crippen LogP contribution in [0.25, 0.3) is 27.6 Å². The maximum atomic E-state index is 11.6. The van der Waals surface area contributed by atoms with Crippen molar-refractivity contribution in [2.45, 2.75) is 77.5 Å². The Morgan fingerprint density at radius 3 is 2.78 bits per heavy atom. The number of nitrogens with zero attached hydrogens (tertiary/aromatic N) is 7. The van der Waals surface area contributed by atoms with E-state index in [0.29, 0.717) is 31.2 Å². The maximum absolute atomic E-state index is 11.6. The summed E-state index contributed by atoms with van der Waals surface area (Å²) in [7, 11) is 2.03. The molecule has 0 aliphatic heterocycles. The summed E-state index contributed by atoms with van der Waals surface area (Å²) in [6.07, 6.45) is 4.75. The van der Waals surface area contributed by atoms with E-state index in [-0.39, 0.29) is 12.0 Å². The van der Waals surface area contributed by atoms with Crippen molar-refractivity contribution in [3.63, 3.8) is 0 Å². The van der Waals surface area contributed by atoms with Crippen molar-refractivity contribution in [3.05, 3.63) is 34.7 Å². The van der Waals surface area contributed by atoms with Gasteiger partial charge in [-0.1, -0.05) is 33.5 Å². The van der Waals surface area contributed by atoms with E-state index in [9.17, 15) is 9.90 Å². The molecule has 0 radical (unpaired) electrons. The summed E-state index contributed by atoms with van der Waals surface area (Å²) in [5.41, 5.74) is 5.45. The fourth-order valence-corrected chi connectivity index (χ4v) is 7.16. The molecule has 5 rings (SSSR count). The van der Waals surface area contributed by atoms with Gasteiger partial charge < -0.3 is 19.5 Å². The molecule has 0 fully saturated rings. The number of carboxylic acid groups (broad SMARTS) is 1. The molecule has 0 saturated heterocycles. The Morgan fingerprint density at radius 2 is 2.10 bits per heavy atom. The number of likely N-dealkylation sites (N-methyl/N-ethyl adjacent to an activating group) is 1. The Bertz CT molecular complexity index is 1550. The normalized spacial score (nSPS) is 15.5. The maximum Gasteiger partial charge on any atom is 0.407 e. The van der Waals surface area contributed by atoms with E-state index in [4.69, 9.17) is 19.6 Å². The number of methoxy groups -OCH3 is 1. The third kappa shape index (κ3) is 6.02. The van der Waals surface area contributed by atoms with Gasteiger partial charge in [0.15, 0.2) is 11.4 Å². The second kappa shape index (κ2) is 11.5. The van der Waals surface area contributed by atoms with Crippen LogP contribution < -0.4 is 4.74 Å². The lowest BCUT2D eigenvalue weighted by Crippen LogP contribution is -2.39. The lowest BCUT2D eigenvalue weighted by atomic mass is 9.96. The first-order valence-electron chi connectivity index (χ1n) is 14.0. The van der Waals surface area contributed by atoms with E-state index in [1.807, 2.05) is 16.9 Å². The van der Waals surface area contributed by atoms with Gasteiger partial charge in [-0.05, 0) is 30.9 Å². The first kappa shape index (κ1) is 29.2. The number of aryl methyl sites for hydroxylation is 1. The van der Waals surface area contributed by atoms with Gasteiger partial charge in [0.25, 0.3) is 0 Å². The summed E-state index contributed by atoms with van der Waals surface area (Å²) >= 11 is 1.62. The molecule has 4 aromatic heterocycles. The van der Waals surface area contributed by atoms with Crippen LogP contribution in [0.4, 0.5) is 4.79 Å². The third-order valence-corrected chi connectivity index (χ3v) is 10.4. The molecule has 4 heterocycles. The molecule has 1 aliphatic carbocycles. The number of amides is 1. The van der Waals surface area contributed by atoms with Crippen LogP contribution in [0.3, 0.4) is 0 Å². The molecule has 0 bridgehead atoms. The zero-order chi connectivity index (χ0) is 29.5. The van der Waals surface area contributed by atoms with Crippen LogP contribution in [-0.4, -0.2) is 80.3 Å². The van der Waals surface area contributed by atoms with Gasteiger partial charge >= 0.3 is 6.09 Å². The van der Waals surface area contributed by atoms with Crippen molar-refractivity contribution in [3.8, 4) is 27.7 Å². The molecule has 1 unspecified atom stereocenters. The number of aromatic nitrogens is 6. The molecule has 13 heteroatoms. The van der Waals surface area contributed by atoms with E-state index < -0.39 is 14.2 Å². The molecule has 220 valence electrons. The topological polar surface area (TPSA) is 120 Å². The summed E-state index contributed by atoms with van der Waals surface area (Å²) in [4.78, 5) is 23.5. The number of pyridine rings is 1. The first-order chi connectivity index (χ1) is 19.5. The minimum absolute atomic E-state index is 0.0485. The summed E-state index contributed by atoms with van der Waals surface area (Å²) < 4.78 is 15.6. The molecule has 4 aromatic rings. The Balaban J connectivity index is 1.59. The minimum atomic E-state index is -1.25. The van der Waals surface area contributed by atoms with Crippen molar-refractivity contribution in [1.29, 1.82) is 0 Å². The van der Waals surface area contributed by atoms with E-state index in [2.05, 4.69) is 43.6 Å². The zero-order valence-electron chi connectivity index (χ0n) is 24.8. The summed E-state index contributed by atoms with van der Waals surface area (Å²) in [6.45, 7) is 12.3. The van der Waals surface area contributed by atoms with E-state index in [1.54, 1.807) is 30.0 Å². The van der Waals surface area contributed by atoms with Gasteiger partial charge in [-0.25, -0.2) is 24.0 Å². The van der Waals surface area contributed by atoms with Crippen LogP contribution in [0.5, 0.6) is 5.75 Å². The number of thiazole rings is 1. The van der Waals surface area contributed by atoms with Crippen molar-refractivity contribution >= 4 is 31.2 Å². The van der Waals surface area contributed by atoms with Crippen molar-refractivity contribution < 1.29 is 19.4 Å². The molecular formula is C28H39N7O4SSi.